The van der Waals surface area contributed by atoms with Gasteiger partial charge in [-0.2, -0.15) is 0 Å². The van der Waals surface area contributed by atoms with Crippen molar-refractivity contribution >= 4 is 22.5 Å². The van der Waals surface area contributed by atoms with Crippen LogP contribution in [0, 0.1) is 10.1 Å². The SMILES string of the molecule is CCN(CC)C(=O)c1cc(-c2cccc([N+](=O)[O-])c2)c2ccccc2n1. The Morgan fingerprint density at radius 2 is 1.81 bits per heavy atom. The van der Waals surface area contributed by atoms with Gasteiger partial charge in [-0.3, -0.25) is 14.9 Å². The highest BCUT2D eigenvalue weighted by atomic mass is 16.6. The van der Waals surface area contributed by atoms with Crippen molar-refractivity contribution in [3.63, 3.8) is 0 Å². The number of non-ortho nitro benzene ring substituents is 1. The van der Waals surface area contributed by atoms with E-state index in [1.54, 1.807) is 23.1 Å². The molecule has 0 N–H and O–H groups in total. The molecule has 3 rings (SSSR count). The molecule has 0 aliphatic rings. The number of carbonyl (C=O) groups excluding carboxylic acids is 1. The van der Waals surface area contributed by atoms with Crippen molar-refractivity contribution in [2.75, 3.05) is 13.1 Å². The van der Waals surface area contributed by atoms with E-state index in [9.17, 15) is 14.9 Å². The molecule has 0 unspecified atom stereocenters. The van der Waals surface area contributed by atoms with Crippen molar-refractivity contribution in [2.24, 2.45) is 0 Å². The second-order valence-corrected chi connectivity index (χ2v) is 5.86. The van der Waals surface area contributed by atoms with Gasteiger partial charge >= 0.3 is 0 Å². The number of nitro groups is 1. The van der Waals surface area contributed by atoms with Crippen LogP contribution >= 0.6 is 0 Å². The molecule has 0 aliphatic heterocycles. The molecule has 1 heterocycles. The molecule has 6 nitrogen and oxygen atoms in total. The number of para-hydroxylation sites is 1. The Balaban J connectivity index is 2.22. The van der Waals surface area contributed by atoms with Gasteiger partial charge in [0.1, 0.15) is 5.69 Å². The molecule has 0 spiro atoms. The minimum atomic E-state index is -0.422. The van der Waals surface area contributed by atoms with Crippen molar-refractivity contribution in [3.8, 4) is 11.1 Å². The molecule has 0 bridgehead atoms. The van der Waals surface area contributed by atoms with Gasteiger partial charge in [0.25, 0.3) is 11.6 Å². The van der Waals surface area contributed by atoms with Crippen LogP contribution in [-0.4, -0.2) is 33.8 Å². The van der Waals surface area contributed by atoms with Crippen LogP contribution in [0.4, 0.5) is 5.69 Å². The van der Waals surface area contributed by atoms with E-state index in [-0.39, 0.29) is 11.6 Å². The van der Waals surface area contributed by atoms with E-state index in [1.807, 2.05) is 38.1 Å². The fraction of sp³-hybridized carbons (Fsp3) is 0.200. The molecule has 132 valence electrons. The van der Waals surface area contributed by atoms with Crippen LogP contribution in [0.5, 0.6) is 0 Å². The van der Waals surface area contributed by atoms with Gasteiger partial charge in [0.15, 0.2) is 0 Å². The number of amides is 1. The van der Waals surface area contributed by atoms with Gasteiger partial charge in [0.05, 0.1) is 10.4 Å². The number of fused-ring (bicyclic) bond motifs is 1. The van der Waals surface area contributed by atoms with Crippen molar-refractivity contribution in [1.82, 2.24) is 9.88 Å². The van der Waals surface area contributed by atoms with E-state index in [1.165, 1.54) is 12.1 Å². The average Bonchev–Trinajstić information content (AvgIpc) is 2.68. The molecule has 1 aromatic heterocycles. The predicted molar refractivity (Wildman–Crippen MR) is 101 cm³/mol. The number of aromatic nitrogens is 1. The largest absolute Gasteiger partial charge is 0.338 e. The maximum Gasteiger partial charge on any atom is 0.272 e. The molecule has 0 saturated heterocycles. The second kappa shape index (κ2) is 7.31. The minimum absolute atomic E-state index is 0.0139. The third kappa shape index (κ3) is 3.26. The van der Waals surface area contributed by atoms with Gasteiger partial charge in [0, 0.05) is 30.6 Å². The lowest BCUT2D eigenvalue weighted by Gasteiger charge is -2.19. The highest BCUT2D eigenvalue weighted by molar-refractivity contribution is 6.01. The fourth-order valence-corrected chi connectivity index (χ4v) is 2.98. The zero-order valence-corrected chi connectivity index (χ0v) is 14.7. The topological polar surface area (TPSA) is 76.3 Å². The summed E-state index contributed by atoms with van der Waals surface area (Å²) in [5.41, 5.74) is 2.49. The Morgan fingerprint density at radius 3 is 2.50 bits per heavy atom. The van der Waals surface area contributed by atoms with E-state index in [0.717, 1.165) is 10.9 Å². The summed E-state index contributed by atoms with van der Waals surface area (Å²) < 4.78 is 0. The smallest absolute Gasteiger partial charge is 0.272 e. The molecule has 0 saturated carbocycles. The summed E-state index contributed by atoms with van der Waals surface area (Å²) in [6, 6.07) is 15.6. The van der Waals surface area contributed by atoms with Crippen LogP contribution in [-0.2, 0) is 0 Å². The molecular formula is C20H19N3O3. The number of benzene rings is 2. The molecule has 3 aromatic rings. The van der Waals surface area contributed by atoms with E-state index in [2.05, 4.69) is 4.98 Å². The first-order valence-electron chi connectivity index (χ1n) is 8.49. The molecule has 6 heteroatoms. The number of carbonyl (C=O) groups is 1. The third-order valence-electron chi connectivity index (χ3n) is 4.35. The zero-order valence-electron chi connectivity index (χ0n) is 14.7. The van der Waals surface area contributed by atoms with E-state index in [0.29, 0.717) is 29.9 Å². The van der Waals surface area contributed by atoms with Crippen LogP contribution in [0.15, 0.2) is 54.6 Å². The van der Waals surface area contributed by atoms with Crippen molar-refractivity contribution in [2.45, 2.75) is 13.8 Å². The molecule has 2 aromatic carbocycles. The van der Waals surface area contributed by atoms with Crippen LogP contribution < -0.4 is 0 Å². The molecule has 0 aliphatic carbocycles. The summed E-state index contributed by atoms with van der Waals surface area (Å²) >= 11 is 0. The lowest BCUT2D eigenvalue weighted by molar-refractivity contribution is -0.384. The summed E-state index contributed by atoms with van der Waals surface area (Å²) in [4.78, 5) is 29.7. The van der Waals surface area contributed by atoms with Gasteiger partial charge in [-0.25, -0.2) is 4.98 Å². The van der Waals surface area contributed by atoms with Crippen LogP contribution in [0.3, 0.4) is 0 Å². The predicted octanol–water partition coefficient (Wildman–Crippen LogP) is 4.29. The van der Waals surface area contributed by atoms with E-state index >= 15 is 0 Å². The van der Waals surface area contributed by atoms with Gasteiger partial charge in [-0.1, -0.05) is 30.3 Å². The lowest BCUT2D eigenvalue weighted by Crippen LogP contribution is -2.31. The van der Waals surface area contributed by atoms with Gasteiger partial charge in [0.2, 0.25) is 0 Å². The Hall–Kier alpha value is -3.28. The quantitative estimate of drug-likeness (QED) is 0.508. The van der Waals surface area contributed by atoms with Crippen LogP contribution in [0.1, 0.15) is 24.3 Å². The Labute approximate surface area is 151 Å². The second-order valence-electron chi connectivity index (χ2n) is 5.86. The normalized spacial score (nSPS) is 10.7. The van der Waals surface area contributed by atoms with E-state index in [4.69, 9.17) is 0 Å². The minimum Gasteiger partial charge on any atom is -0.338 e. The van der Waals surface area contributed by atoms with Crippen LogP contribution in [0.25, 0.3) is 22.0 Å². The fourth-order valence-electron chi connectivity index (χ4n) is 2.98. The highest BCUT2D eigenvalue weighted by Crippen LogP contribution is 2.31. The van der Waals surface area contributed by atoms with Gasteiger partial charge < -0.3 is 4.90 Å². The zero-order chi connectivity index (χ0) is 18.7. The average molecular weight is 349 g/mol. The molecule has 1 amide bonds. The third-order valence-corrected chi connectivity index (χ3v) is 4.35. The molecule has 0 radical (unpaired) electrons. The van der Waals surface area contributed by atoms with Crippen molar-refractivity contribution < 1.29 is 9.72 Å². The number of nitro benzene ring substituents is 1. The number of nitrogens with zero attached hydrogens (tertiary/aromatic N) is 3. The molecular weight excluding hydrogens is 330 g/mol. The number of hydrogen-bond acceptors (Lipinski definition) is 4. The molecule has 0 fully saturated rings. The van der Waals surface area contributed by atoms with E-state index < -0.39 is 4.92 Å². The van der Waals surface area contributed by atoms with Crippen molar-refractivity contribution in [3.05, 3.63) is 70.4 Å². The number of rotatable bonds is 5. The summed E-state index contributed by atoms with van der Waals surface area (Å²) in [5, 5.41) is 12.0. The molecule has 0 atom stereocenters. The molecule has 26 heavy (non-hydrogen) atoms. The van der Waals surface area contributed by atoms with Crippen LogP contribution in [0.2, 0.25) is 0 Å². The summed E-state index contributed by atoms with van der Waals surface area (Å²) in [6.45, 7) is 5.03. The first-order valence-corrected chi connectivity index (χ1v) is 8.49. The van der Waals surface area contributed by atoms with Gasteiger partial charge in [-0.15, -0.1) is 0 Å². The summed E-state index contributed by atoms with van der Waals surface area (Å²) in [6.07, 6.45) is 0. The highest BCUT2D eigenvalue weighted by Gasteiger charge is 2.18. The number of hydrogen-bond donors (Lipinski definition) is 0. The maximum absolute atomic E-state index is 12.8. The maximum atomic E-state index is 12.8. The standard InChI is InChI=1S/C20H19N3O3/c1-3-22(4-2)20(24)19-13-17(16-10-5-6-11-18(16)21-19)14-8-7-9-15(12-14)23(25)26/h5-13H,3-4H2,1-2H3. The summed E-state index contributed by atoms with van der Waals surface area (Å²) in [5.74, 6) is -0.146. The Bertz CT molecular complexity index is 981. The monoisotopic (exact) mass is 349 g/mol. The first-order chi connectivity index (χ1) is 12.5. The van der Waals surface area contributed by atoms with Crippen molar-refractivity contribution in [1.29, 1.82) is 0 Å². The number of pyridine rings is 1. The Kier molecular flexibility index (Phi) is 4.93. The first kappa shape index (κ1) is 17.5. The Morgan fingerprint density at radius 1 is 1.08 bits per heavy atom. The summed E-state index contributed by atoms with van der Waals surface area (Å²) in [7, 11) is 0. The lowest BCUT2D eigenvalue weighted by atomic mass is 9.99. The van der Waals surface area contributed by atoms with Gasteiger partial charge in [-0.05, 0) is 37.1 Å².